The van der Waals surface area contributed by atoms with Crippen molar-refractivity contribution in [3.8, 4) is 0 Å². The summed E-state index contributed by atoms with van der Waals surface area (Å²) in [6.07, 6.45) is -1.05. The van der Waals surface area contributed by atoms with Crippen molar-refractivity contribution in [3.63, 3.8) is 0 Å². The summed E-state index contributed by atoms with van der Waals surface area (Å²) in [5.41, 5.74) is 0.00171. The lowest BCUT2D eigenvalue weighted by Gasteiger charge is -2.14. The number of anilines is 1. The standard InChI is InChI=1S/C17H14BrClN2O5S/c1-10(26-16(22)9-27-13-5-2-11(18)3-6-13)17(23)20-15-7-4-12(21(24)25)8-14(15)19/h2-8,10H,9H2,1H3,(H,20,23). The summed E-state index contributed by atoms with van der Waals surface area (Å²) in [7, 11) is 0. The number of carbonyl (C=O) groups is 2. The zero-order valence-electron chi connectivity index (χ0n) is 14.0. The minimum atomic E-state index is -1.05. The van der Waals surface area contributed by atoms with E-state index in [1.165, 1.54) is 30.8 Å². The maximum atomic E-state index is 12.1. The Morgan fingerprint density at radius 2 is 1.96 bits per heavy atom. The van der Waals surface area contributed by atoms with Gasteiger partial charge in [0.25, 0.3) is 11.6 Å². The van der Waals surface area contributed by atoms with Crippen LogP contribution in [0.25, 0.3) is 0 Å². The van der Waals surface area contributed by atoms with Gasteiger partial charge in [0.15, 0.2) is 6.10 Å². The van der Waals surface area contributed by atoms with Crippen LogP contribution in [0.5, 0.6) is 0 Å². The third kappa shape index (κ3) is 6.53. The second-order valence-corrected chi connectivity index (χ2v) is 7.66. The van der Waals surface area contributed by atoms with Gasteiger partial charge in [0, 0.05) is 21.5 Å². The molecule has 0 saturated heterocycles. The summed E-state index contributed by atoms with van der Waals surface area (Å²) in [6, 6.07) is 11.1. The number of benzene rings is 2. The molecule has 142 valence electrons. The summed E-state index contributed by atoms with van der Waals surface area (Å²) >= 11 is 10.5. The number of esters is 1. The first-order chi connectivity index (χ1) is 12.8. The number of carbonyl (C=O) groups excluding carboxylic acids is 2. The van der Waals surface area contributed by atoms with Crippen molar-refractivity contribution in [1.82, 2.24) is 0 Å². The highest BCUT2D eigenvalue weighted by atomic mass is 79.9. The molecule has 2 rings (SSSR count). The van der Waals surface area contributed by atoms with Gasteiger partial charge in [-0.15, -0.1) is 11.8 Å². The summed E-state index contributed by atoms with van der Waals surface area (Å²) in [5, 5.41) is 13.2. The molecule has 7 nitrogen and oxygen atoms in total. The Morgan fingerprint density at radius 1 is 1.30 bits per heavy atom. The molecular weight excluding hydrogens is 460 g/mol. The molecule has 0 aliphatic carbocycles. The summed E-state index contributed by atoms with van der Waals surface area (Å²) in [6.45, 7) is 1.43. The first kappa shape index (κ1) is 21.2. The van der Waals surface area contributed by atoms with Crippen molar-refractivity contribution in [2.45, 2.75) is 17.9 Å². The smallest absolute Gasteiger partial charge is 0.317 e. The summed E-state index contributed by atoms with van der Waals surface area (Å²) in [4.78, 5) is 35.0. The van der Waals surface area contributed by atoms with Gasteiger partial charge >= 0.3 is 5.97 Å². The molecule has 1 amide bonds. The molecular formula is C17H14BrClN2O5S. The van der Waals surface area contributed by atoms with Crippen molar-refractivity contribution in [2.24, 2.45) is 0 Å². The van der Waals surface area contributed by atoms with Crippen LogP contribution in [-0.4, -0.2) is 28.7 Å². The molecule has 0 aliphatic rings. The molecule has 0 aromatic heterocycles. The molecule has 0 spiro atoms. The van der Waals surface area contributed by atoms with Gasteiger partial charge in [0.05, 0.1) is 21.4 Å². The number of hydrogen-bond acceptors (Lipinski definition) is 6. The molecule has 2 aromatic carbocycles. The number of nitro groups is 1. The van der Waals surface area contributed by atoms with E-state index in [-0.39, 0.29) is 22.2 Å². The highest BCUT2D eigenvalue weighted by molar-refractivity contribution is 9.10. The number of thioether (sulfide) groups is 1. The maximum absolute atomic E-state index is 12.1. The van der Waals surface area contributed by atoms with Crippen LogP contribution >= 0.6 is 39.3 Å². The van der Waals surface area contributed by atoms with E-state index in [1.54, 1.807) is 0 Å². The molecule has 0 fully saturated rings. The number of nitro benzene ring substituents is 1. The van der Waals surface area contributed by atoms with Crippen molar-refractivity contribution in [1.29, 1.82) is 0 Å². The average molecular weight is 474 g/mol. The van der Waals surface area contributed by atoms with E-state index in [1.807, 2.05) is 24.3 Å². The normalized spacial score (nSPS) is 11.5. The first-order valence-electron chi connectivity index (χ1n) is 7.59. The van der Waals surface area contributed by atoms with E-state index < -0.39 is 22.9 Å². The second-order valence-electron chi connectivity index (χ2n) is 5.29. The highest BCUT2D eigenvalue weighted by Crippen LogP contribution is 2.27. The van der Waals surface area contributed by atoms with E-state index in [0.29, 0.717) is 0 Å². The third-order valence-electron chi connectivity index (χ3n) is 3.27. The van der Waals surface area contributed by atoms with Gasteiger partial charge in [-0.2, -0.15) is 0 Å². The van der Waals surface area contributed by atoms with E-state index in [4.69, 9.17) is 16.3 Å². The van der Waals surface area contributed by atoms with Crippen LogP contribution < -0.4 is 5.32 Å². The predicted octanol–water partition coefficient (Wildman–Crippen LogP) is 4.67. The zero-order chi connectivity index (χ0) is 20.0. The van der Waals surface area contributed by atoms with Crippen molar-refractivity contribution in [3.05, 3.63) is 62.1 Å². The van der Waals surface area contributed by atoms with Gasteiger partial charge < -0.3 is 10.1 Å². The van der Waals surface area contributed by atoms with Gasteiger partial charge in [0.1, 0.15) is 0 Å². The van der Waals surface area contributed by atoms with Crippen LogP contribution in [0.2, 0.25) is 5.02 Å². The number of ether oxygens (including phenoxy) is 1. The van der Waals surface area contributed by atoms with Crippen molar-refractivity contribution in [2.75, 3.05) is 11.1 Å². The van der Waals surface area contributed by atoms with Crippen LogP contribution in [0.15, 0.2) is 51.8 Å². The maximum Gasteiger partial charge on any atom is 0.317 e. The molecule has 1 atom stereocenters. The molecule has 27 heavy (non-hydrogen) atoms. The summed E-state index contributed by atoms with van der Waals surface area (Å²) < 4.78 is 6.03. The first-order valence-corrected chi connectivity index (χ1v) is 9.74. The minimum Gasteiger partial charge on any atom is -0.452 e. The van der Waals surface area contributed by atoms with Gasteiger partial charge in [-0.1, -0.05) is 27.5 Å². The minimum absolute atomic E-state index is 0.0156. The van der Waals surface area contributed by atoms with Crippen molar-refractivity contribution < 1.29 is 19.2 Å². The van der Waals surface area contributed by atoms with Crippen LogP contribution in [0, 0.1) is 10.1 Å². The number of hydrogen-bond donors (Lipinski definition) is 1. The molecule has 1 N–H and O–H groups in total. The van der Waals surface area contributed by atoms with Gasteiger partial charge in [-0.25, -0.2) is 0 Å². The lowest BCUT2D eigenvalue weighted by atomic mass is 10.2. The Balaban J connectivity index is 1.86. The van der Waals surface area contributed by atoms with Crippen LogP contribution in [0.4, 0.5) is 11.4 Å². The lowest BCUT2D eigenvalue weighted by Crippen LogP contribution is -2.30. The largest absolute Gasteiger partial charge is 0.452 e. The van der Waals surface area contributed by atoms with Gasteiger partial charge in [0.2, 0.25) is 0 Å². The Bertz CT molecular complexity index is 863. The lowest BCUT2D eigenvalue weighted by molar-refractivity contribution is -0.384. The monoisotopic (exact) mass is 472 g/mol. The number of nitrogens with one attached hydrogen (secondary N) is 1. The Hall–Kier alpha value is -2.10. The van der Waals surface area contributed by atoms with E-state index >= 15 is 0 Å². The second kappa shape index (κ2) is 9.72. The predicted molar refractivity (Wildman–Crippen MR) is 107 cm³/mol. The topological polar surface area (TPSA) is 98.5 Å². The number of non-ortho nitro benzene ring substituents is 1. The molecule has 2 aromatic rings. The van der Waals surface area contributed by atoms with Crippen LogP contribution in [-0.2, 0) is 14.3 Å². The van der Waals surface area contributed by atoms with E-state index in [0.717, 1.165) is 15.4 Å². The molecule has 1 unspecified atom stereocenters. The van der Waals surface area contributed by atoms with Crippen LogP contribution in [0.3, 0.4) is 0 Å². The molecule has 0 aliphatic heterocycles. The van der Waals surface area contributed by atoms with E-state index in [9.17, 15) is 19.7 Å². The van der Waals surface area contributed by atoms with Crippen LogP contribution in [0.1, 0.15) is 6.92 Å². The molecule has 0 heterocycles. The summed E-state index contributed by atoms with van der Waals surface area (Å²) in [5.74, 6) is -1.08. The Morgan fingerprint density at radius 3 is 2.56 bits per heavy atom. The number of rotatable bonds is 7. The Kier molecular flexibility index (Phi) is 7.64. The van der Waals surface area contributed by atoms with Gasteiger partial charge in [-0.05, 0) is 37.3 Å². The molecule has 0 bridgehead atoms. The molecule has 0 saturated carbocycles. The van der Waals surface area contributed by atoms with Gasteiger partial charge in [-0.3, -0.25) is 19.7 Å². The number of amides is 1. The van der Waals surface area contributed by atoms with Crippen molar-refractivity contribution >= 4 is 62.5 Å². The fourth-order valence-electron chi connectivity index (χ4n) is 1.91. The molecule has 0 radical (unpaired) electrons. The fourth-order valence-corrected chi connectivity index (χ4v) is 3.08. The Labute approximate surface area is 172 Å². The number of nitrogens with zero attached hydrogens (tertiary/aromatic N) is 1. The SMILES string of the molecule is CC(OC(=O)CSc1ccc(Br)cc1)C(=O)Nc1ccc([N+](=O)[O-])cc1Cl. The average Bonchev–Trinajstić information content (AvgIpc) is 2.62. The van der Waals surface area contributed by atoms with E-state index in [2.05, 4.69) is 21.2 Å². The number of halogens is 2. The highest BCUT2D eigenvalue weighted by Gasteiger charge is 2.20. The third-order valence-corrected chi connectivity index (χ3v) is 5.10. The molecule has 10 heteroatoms. The fraction of sp³-hybridized carbons (Fsp3) is 0.176. The zero-order valence-corrected chi connectivity index (χ0v) is 17.1. The quantitative estimate of drug-likeness (QED) is 0.271.